The number of carboxylic acids is 1. The van der Waals surface area contributed by atoms with Crippen LogP contribution in [-0.2, 0) is 9.59 Å². The zero-order chi connectivity index (χ0) is 13.2. The Hall–Kier alpha value is -1.38. The molecule has 3 aliphatic carbocycles. The highest BCUT2D eigenvalue weighted by Gasteiger charge is 2.64. The van der Waals surface area contributed by atoms with Gasteiger partial charge in [0.05, 0.1) is 0 Å². The molecular formula is C15H18O3. The molecule has 3 rings (SSSR count). The van der Waals surface area contributed by atoms with Crippen molar-refractivity contribution in [3.63, 3.8) is 0 Å². The number of carbonyl (C=O) groups is 2. The van der Waals surface area contributed by atoms with Crippen LogP contribution < -0.4 is 0 Å². The van der Waals surface area contributed by atoms with Crippen molar-refractivity contribution >= 4 is 11.8 Å². The molecule has 0 spiro atoms. The molecule has 4 unspecified atom stereocenters. The average Bonchev–Trinajstić information content (AvgIpc) is 2.92. The van der Waals surface area contributed by atoms with Crippen molar-refractivity contribution in [2.45, 2.75) is 33.1 Å². The first kappa shape index (κ1) is 11.7. The Kier molecular flexibility index (Phi) is 2.17. The Morgan fingerprint density at radius 2 is 2.11 bits per heavy atom. The maximum atomic E-state index is 11.9. The Balaban J connectivity index is 1.98. The number of carbonyl (C=O) groups excluding carboxylic acids is 1. The molecule has 0 aliphatic heterocycles. The van der Waals surface area contributed by atoms with E-state index in [0.717, 1.165) is 18.4 Å². The average molecular weight is 246 g/mol. The molecule has 0 bridgehead atoms. The summed E-state index contributed by atoms with van der Waals surface area (Å²) in [6, 6.07) is 0. The van der Waals surface area contributed by atoms with Gasteiger partial charge < -0.3 is 5.11 Å². The molecule has 2 fully saturated rings. The van der Waals surface area contributed by atoms with Gasteiger partial charge in [0.1, 0.15) is 0 Å². The molecule has 0 heterocycles. The molecule has 4 atom stereocenters. The van der Waals surface area contributed by atoms with Gasteiger partial charge in [-0.1, -0.05) is 19.1 Å². The van der Waals surface area contributed by atoms with Gasteiger partial charge in [0.25, 0.3) is 0 Å². The van der Waals surface area contributed by atoms with Crippen LogP contribution in [0.4, 0.5) is 0 Å². The molecule has 0 radical (unpaired) electrons. The number of allylic oxidation sites excluding steroid dienone is 2. The van der Waals surface area contributed by atoms with E-state index in [-0.39, 0.29) is 17.1 Å². The minimum atomic E-state index is -0.893. The van der Waals surface area contributed by atoms with Crippen molar-refractivity contribution in [1.29, 1.82) is 0 Å². The number of hydrogen-bond donors (Lipinski definition) is 1. The van der Waals surface area contributed by atoms with Gasteiger partial charge in [-0.15, -0.1) is 0 Å². The number of aliphatic carboxylic acids is 1. The van der Waals surface area contributed by atoms with E-state index < -0.39 is 5.97 Å². The van der Waals surface area contributed by atoms with Crippen LogP contribution in [0.2, 0.25) is 0 Å². The minimum Gasteiger partial charge on any atom is -0.478 e. The molecule has 0 aromatic carbocycles. The quantitative estimate of drug-likeness (QED) is 0.762. The van der Waals surface area contributed by atoms with E-state index in [1.807, 2.05) is 6.92 Å². The number of Topliss-reactive ketones (excluding diaryl/α,β-unsaturated/α-hetero) is 1. The van der Waals surface area contributed by atoms with Crippen LogP contribution in [0.5, 0.6) is 0 Å². The van der Waals surface area contributed by atoms with Crippen molar-refractivity contribution in [3.05, 3.63) is 23.3 Å². The molecule has 2 saturated carbocycles. The van der Waals surface area contributed by atoms with E-state index in [1.165, 1.54) is 5.57 Å². The fourth-order valence-electron chi connectivity index (χ4n) is 4.15. The van der Waals surface area contributed by atoms with Crippen LogP contribution in [-0.4, -0.2) is 16.9 Å². The lowest BCUT2D eigenvalue weighted by Gasteiger charge is -2.33. The third-order valence-corrected chi connectivity index (χ3v) is 5.50. The predicted molar refractivity (Wildman–Crippen MR) is 66.9 cm³/mol. The van der Waals surface area contributed by atoms with E-state index >= 15 is 0 Å². The van der Waals surface area contributed by atoms with Gasteiger partial charge in [-0.25, -0.2) is 4.79 Å². The number of rotatable bonds is 2. The van der Waals surface area contributed by atoms with Gasteiger partial charge in [0.15, 0.2) is 5.78 Å². The van der Waals surface area contributed by atoms with E-state index in [4.69, 9.17) is 5.11 Å². The van der Waals surface area contributed by atoms with E-state index in [2.05, 4.69) is 13.5 Å². The Morgan fingerprint density at radius 3 is 2.72 bits per heavy atom. The Morgan fingerprint density at radius 1 is 1.44 bits per heavy atom. The van der Waals surface area contributed by atoms with Crippen LogP contribution >= 0.6 is 0 Å². The van der Waals surface area contributed by atoms with Crippen molar-refractivity contribution < 1.29 is 14.7 Å². The second kappa shape index (κ2) is 3.34. The summed E-state index contributed by atoms with van der Waals surface area (Å²) < 4.78 is 0. The van der Waals surface area contributed by atoms with Crippen molar-refractivity contribution in [1.82, 2.24) is 0 Å². The zero-order valence-corrected chi connectivity index (χ0v) is 10.8. The van der Waals surface area contributed by atoms with Crippen LogP contribution in [0.15, 0.2) is 23.3 Å². The largest absolute Gasteiger partial charge is 0.478 e. The lowest BCUT2D eigenvalue weighted by molar-refractivity contribution is -0.133. The second-order valence-corrected chi connectivity index (χ2v) is 6.29. The van der Waals surface area contributed by atoms with Crippen LogP contribution in [0.25, 0.3) is 0 Å². The van der Waals surface area contributed by atoms with Crippen molar-refractivity contribution in [2.24, 2.45) is 23.2 Å². The zero-order valence-electron chi connectivity index (χ0n) is 10.8. The molecule has 1 N–H and O–H groups in total. The highest BCUT2D eigenvalue weighted by molar-refractivity contribution is 5.99. The summed E-state index contributed by atoms with van der Waals surface area (Å²) in [5, 5.41) is 9.13. The number of hydrogen-bond acceptors (Lipinski definition) is 2. The lowest BCUT2D eigenvalue weighted by Crippen LogP contribution is -2.28. The molecule has 0 amide bonds. The highest BCUT2D eigenvalue weighted by Crippen LogP contribution is 2.70. The predicted octanol–water partition coefficient (Wildman–Crippen LogP) is 2.58. The summed E-state index contributed by atoms with van der Waals surface area (Å²) in [6.45, 7) is 7.83. The molecule has 3 heteroatoms. The first-order chi connectivity index (χ1) is 8.36. The van der Waals surface area contributed by atoms with Gasteiger partial charge in [0, 0.05) is 12.0 Å². The monoisotopic (exact) mass is 246 g/mol. The number of fused-ring (bicyclic) bond motifs is 3. The summed E-state index contributed by atoms with van der Waals surface area (Å²) in [7, 11) is 0. The first-order valence-corrected chi connectivity index (χ1v) is 6.51. The van der Waals surface area contributed by atoms with Gasteiger partial charge in [-0.3, -0.25) is 4.79 Å². The molecule has 3 aliphatic rings. The highest BCUT2D eigenvalue weighted by atomic mass is 16.4. The Bertz CT molecular complexity index is 514. The Labute approximate surface area is 107 Å². The van der Waals surface area contributed by atoms with Gasteiger partial charge in [-0.05, 0) is 48.5 Å². The maximum absolute atomic E-state index is 11.9. The molecule has 96 valence electrons. The van der Waals surface area contributed by atoms with Crippen LogP contribution in [0.1, 0.15) is 33.1 Å². The third-order valence-electron chi connectivity index (χ3n) is 5.50. The summed E-state index contributed by atoms with van der Waals surface area (Å²) in [5.41, 5.74) is 2.56. The summed E-state index contributed by atoms with van der Waals surface area (Å²) in [4.78, 5) is 23.0. The summed E-state index contributed by atoms with van der Waals surface area (Å²) in [6.07, 6.45) is 2.41. The number of carboxylic acid groups (broad SMARTS) is 1. The third kappa shape index (κ3) is 1.30. The van der Waals surface area contributed by atoms with Gasteiger partial charge in [0.2, 0.25) is 0 Å². The summed E-state index contributed by atoms with van der Waals surface area (Å²) in [5.74, 6) is 0.166. The lowest BCUT2D eigenvalue weighted by atomic mass is 9.70. The second-order valence-electron chi connectivity index (χ2n) is 6.29. The molecule has 18 heavy (non-hydrogen) atoms. The molecule has 0 aromatic heterocycles. The van der Waals surface area contributed by atoms with Crippen LogP contribution in [0.3, 0.4) is 0 Å². The topological polar surface area (TPSA) is 54.4 Å². The van der Waals surface area contributed by atoms with Crippen molar-refractivity contribution in [3.8, 4) is 0 Å². The molecule has 0 saturated heterocycles. The van der Waals surface area contributed by atoms with Gasteiger partial charge in [-0.2, -0.15) is 0 Å². The fourth-order valence-corrected chi connectivity index (χ4v) is 4.15. The molecule has 0 aromatic rings. The van der Waals surface area contributed by atoms with E-state index in [9.17, 15) is 9.59 Å². The van der Waals surface area contributed by atoms with Crippen molar-refractivity contribution in [2.75, 3.05) is 0 Å². The smallest absolute Gasteiger partial charge is 0.331 e. The summed E-state index contributed by atoms with van der Waals surface area (Å²) >= 11 is 0. The van der Waals surface area contributed by atoms with Crippen LogP contribution in [0, 0.1) is 23.2 Å². The normalized spacial score (nSPS) is 41.4. The minimum absolute atomic E-state index is 0.0274. The molecule has 3 nitrogen and oxygen atoms in total. The van der Waals surface area contributed by atoms with E-state index in [0.29, 0.717) is 23.8 Å². The molecular weight excluding hydrogens is 228 g/mol. The number of ketones is 1. The first-order valence-electron chi connectivity index (χ1n) is 6.51. The van der Waals surface area contributed by atoms with E-state index in [1.54, 1.807) is 0 Å². The van der Waals surface area contributed by atoms with Gasteiger partial charge >= 0.3 is 5.97 Å². The SMILES string of the molecule is C=C(C(=O)O)C1CC2=C(C)C(=O)CC2C2(C)CC12. The maximum Gasteiger partial charge on any atom is 0.331 e. The standard InChI is InChI=1S/C15H18O3/c1-7-9-4-10(8(2)14(17)18)12-6-15(12,3)11(9)5-13(7)16/h10-12H,2,4-6H2,1,3H3,(H,17,18). The fraction of sp³-hybridized carbons (Fsp3) is 0.600.